The molecule has 3 N–H and O–H groups in total. The van der Waals surface area contributed by atoms with E-state index < -0.39 is 24.1 Å². The van der Waals surface area contributed by atoms with Crippen LogP contribution in [0.4, 0.5) is 0 Å². The minimum Gasteiger partial charge on any atom is -0.487 e. The van der Waals surface area contributed by atoms with Gasteiger partial charge in [0, 0.05) is 12.6 Å². The Morgan fingerprint density at radius 1 is 1.08 bits per heavy atom. The predicted octanol–water partition coefficient (Wildman–Crippen LogP) is 2.50. The lowest BCUT2D eigenvalue weighted by atomic mass is 9.96. The van der Waals surface area contributed by atoms with Crippen molar-refractivity contribution in [3.63, 3.8) is 0 Å². The Bertz CT molecular complexity index is 1120. The van der Waals surface area contributed by atoms with E-state index in [0.29, 0.717) is 12.2 Å². The van der Waals surface area contributed by atoms with Crippen LogP contribution in [0, 0.1) is 5.92 Å². The third-order valence-corrected chi connectivity index (χ3v) is 6.96. The second-order valence-electron chi connectivity index (χ2n) is 10.1. The molecule has 3 aliphatic heterocycles. The highest BCUT2D eigenvalue weighted by molar-refractivity contribution is 5.94. The minimum atomic E-state index is -0.995. The van der Waals surface area contributed by atoms with E-state index >= 15 is 0 Å². The topological polar surface area (TPSA) is 99.8 Å². The van der Waals surface area contributed by atoms with Crippen molar-refractivity contribution in [3.8, 4) is 5.75 Å². The molecule has 2 aromatic carbocycles. The first kappa shape index (κ1) is 26.4. The molecule has 3 heterocycles. The number of hydrogen-bond acceptors (Lipinski definition) is 5. The molecule has 2 bridgehead atoms. The summed E-state index contributed by atoms with van der Waals surface area (Å²) in [5.41, 5.74) is 1.80. The van der Waals surface area contributed by atoms with E-state index in [-0.39, 0.29) is 23.8 Å². The van der Waals surface area contributed by atoms with Gasteiger partial charge < -0.3 is 20.7 Å². The van der Waals surface area contributed by atoms with Crippen molar-refractivity contribution >= 4 is 23.8 Å². The molecule has 0 aliphatic carbocycles. The van der Waals surface area contributed by atoms with Gasteiger partial charge in [0.25, 0.3) is 0 Å². The average molecular weight is 505 g/mol. The van der Waals surface area contributed by atoms with E-state index in [0.717, 1.165) is 30.5 Å². The van der Waals surface area contributed by atoms with Gasteiger partial charge in [0.05, 0.1) is 6.04 Å². The summed E-state index contributed by atoms with van der Waals surface area (Å²) in [5.74, 6) is -0.516. The van der Waals surface area contributed by atoms with Gasteiger partial charge in [-0.2, -0.15) is 0 Å². The molecule has 1 saturated heterocycles. The number of nitrogens with one attached hydrogen (secondary N) is 3. The molecule has 0 radical (unpaired) electrons. The summed E-state index contributed by atoms with van der Waals surface area (Å²) in [7, 11) is 1.91. The summed E-state index contributed by atoms with van der Waals surface area (Å²) in [5, 5.41) is 8.68. The van der Waals surface area contributed by atoms with Crippen LogP contribution in [-0.4, -0.2) is 60.4 Å². The fourth-order valence-electron chi connectivity index (χ4n) is 4.83. The van der Waals surface area contributed by atoms with E-state index in [1.165, 1.54) is 0 Å². The van der Waals surface area contributed by atoms with E-state index in [2.05, 4.69) is 16.0 Å². The molecule has 0 saturated carbocycles. The van der Waals surface area contributed by atoms with Crippen molar-refractivity contribution in [1.82, 2.24) is 20.9 Å². The van der Waals surface area contributed by atoms with Crippen LogP contribution in [-0.2, 0) is 20.8 Å². The van der Waals surface area contributed by atoms with E-state index in [4.69, 9.17) is 4.74 Å². The summed E-state index contributed by atoms with van der Waals surface area (Å²) >= 11 is 0. The van der Waals surface area contributed by atoms with Gasteiger partial charge in [0.15, 0.2) is 0 Å². The van der Waals surface area contributed by atoms with Crippen molar-refractivity contribution in [1.29, 1.82) is 0 Å². The number of likely N-dealkylation sites (tertiary alicyclic amines) is 1. The van der Waals surface area contributed by atoms with Gasteiger partial charge >= 0.3 is 0 Å². The zero-order valence-electron chi connectivity index (χ0n) is 21.6. The first-order valence-corrected chi connectivity index (χ1v) is 12.9. The van der Waals surface area contributed by atoms with Crippen LogP contribution < -0.4 is 20.7 Å². The van der Waals surface area contributed by atoms with Crippen LogP contribution in [0.1, 0.15) is 37.8 Å². The zero-order valence-corrected chi connectivity index (χ0v) is 21.6. The predicted molar refractivity (Wildman–Crippen MR) is 143 cm³/mol. The van der Waals surface area contributed by atoms with Crippen molar-refractivity contribution in [3.05, 3.63) is 71.9 Å². The molecule has 3 aliphatic rings. The van der Waals surface area contributed by atoms with Gasteiger partial charge in [-0.25, -0.2) is 0 Å². The summed E-state index contributed by atoms with van der Waals surface area (Å²) in [4.78, 5) is 42.3. The third kappa shape index (κ3) is 6.77. The number of carbonyl (C=O) groups excluding carboxylic acids is 3. The normalized spacial score (nSPS) is 25.6. The largest absolute Gasteiger partial charge is 0.487 e. The second kappa shape index (κ2) is 12.1. The van der Waals surface area contributed by atoms with Gasteiger partial charge in [-0.15, -0.1) is 0 Å². The molecule has 4 unspecified atom stereocenters. The maximum Gasteiger partial charge on any atom is 0.247 e. The molecule has 196 valence electrons. The second-order valence-corrected chi connectivity index (χ2v) is 10.1. The van der Waals surface area contributed by atoms with Crippen molar-refractivity contribution in [2.75, 3.05) is 13.6 Å². The number of hydrogen-bond donors (Lipinski definition) is 3. The number of benzene rings is 2. The Kier molecular flexibility index (Phi) is 8.61. The highest BCUT2D eigenvalue weighted by Crippen LogP contribution is 2.22. The highest BCUT2D eigenvalue weighted by atomic mass is 16.5. The lowest BCUT2D eigenvalue weighted by Gasteiger charge is -2.33. The average Bonchev–Trinajstić information content (AvgIpc) is 3.32. The van der Waals surface area contributed by atoms with Gasteiger partial charge in [-0.05, 0) is 61.7 Å². The SMILES string of the molecule is CC(C)C1Oc2ccc(cc2)/C=C\NC(=O)C(Cc2ccccc2)NC(=O)C1NC(=O)C1CCCN1C. The number of rotatable bonds is 5. The fourth-order valence-corrected chi connectivity index (χ4v) is 4.83. The maximum atomic E-state index is 13.8. The summed E-state index contributed by atoms with van der Waals surface area (Å²) in [6.07, 6.45) is 4.67. The number of nitrogens with zero attached hydrogens (tertiary/aromatic N) is 1. The lowest BCUT2D eigenvalue weighted by molar-refractivity contribution is -0.135. The van der Waals surface area contributed by atoms with E-state index in [1.807, 2.05) is 80.4 Å². The van der Waals surface area contributed by atoms with Crippen LogP contribution >= 0.6 is 0 Å². The molecule has 37 heavy (non-hydrogen) atoms. The number of ether oxygens (including phenoxy) is 1. The number of amides is 3. The monoisotopic (exact) mass is 504 g/mol. The molecule has 4 atom stereocenters. The smallest absolute Gasteiger partial charge is 0.247 e. The zero-order chi connectivity index (χ0) is 26.4. The Morgan fingerprint density at radius 3 is 2.46 bits per heavy atom. The molecule has 8 heteroatoms. The molecule has 1 fully saturated rings. The third-order valence-electron chi connectivity index (χ3n) is 6.96. The first-order chi connectivity index (χ1) is 17.8. The molecule has 0 spiro atoms. The molecule has 2 aromatic rings. The number of likely N-dealkylation sites (N-methyl/N-ethyl adjacent to an activating group) is 1. The first-order valence-electron chi connectivity index (χ1n) is 12.9. The summed E-state index contributed by atoms with van der Waals surface area (Å²) in [6.45, 7) is 4.73. The number of fused-ring (bicyclic) bond motifs is 10. The van der Waals surface area contributed by atoms with Gasteiger partial charge in [0.1, 0.15) is 23.9 Å². The van der Waals surface area contributed by atoms with Gasteiger partial charge in [-0.1, -0.05) is 56.3 Å². The molecule has 0 aromatic heterocycles. The molecular weight excluding hydrogens is 468 g/mol. The van der Waals surface area contributed by atoms with E-state index in [1.54, 1.807) is 12.3 Å². The van der Waals surface area contributed by atoms with E-state index in [9.17, 15) is 14.4 Å². The fraction of sp³-hybridized carbons (Fsp3) is 0.414. The molecular formula is C29H36N4O4. The summed E-state index contributed by atoms with van der Waals surface area (Å²) < 4.78 is 6.31. The lowest BCUT2D eigenvalue weighted by Crippen LogP contribution is -2.61. The van der Waals surface area contributed by atoms with Crippen molar-refractivity contribution < 1.29 is 19.1 Å². The molecule has 3 amide bonds. The van der Waals surface area contributed by atoms with Gasteiger partial charge in [0.2, 0.25) is 17.7 Å². The highest BCUT2D eigenvalue weighted by Gasteiger charge is 2.38. The van der Waals surface area contributed by atoms with Gasteiger partial charge in [-0.3, -0.25) is 19.3 Å². The minimum absolute atomic E-state index is 0.105. The Hall–Kier alpha value is -3.65. The van der Waals surface area contributed by atoms with Crippen LogP contribution in [0.25, 0.3) is 6.08 Å². The number of carbonyl (C=O) groups is 3. The summed E-state index contributed by atoms with van der Waals surface area (Å²) in [6, 6.07) is 14.8. The molecule has 8 nitrogen and oxygen atoms in total. The van der Waals surface area contributed by atoms with Crippen LogP contribution in [0.5, 0.6) is 5.75 Å². The molecule has 5 rings (SSSR count). The Morgan fingerprint density at radius 2 is 1.81 bits per heavy atom. The van der Waals surface area contributed by atoms with Crippen molar-refractivity contribution in [2.45, 2.75) is 57.3 Å². The van der Waals surface area contributed by atoms with Crippen LogP contribution in [0.3, 0.4) is 0 Å². The quantitative estimate of drug-likeness (QED) is 0.581. The Labute approximate surface area is 218 Å². The van der Waals surface area contributed by atoms with Crippen LogP contribution in [0.2, 0.25) is 0 Å². The maximum absolute atomic E-state index is 13.8. The standard InChI is InChI=1S/C29H36N4O4/c1-19(2)26-25(32-28(35)24-10-7-17-33(24)3)29(36)31-23(18-21-8-5-4-6-9-21)27(34)30-16-15-20-11-13-22(37-26)14-12-20/h4-6,8-9,11-16,19,23-26H,7,10,17-18H2,1-3H3,(H,30,34)(H,31,36)(H,32,35)/b16-15-. The van der Waals surface area contributed by atoms with Crippen molar-refractivity contribution in [2.24, 2.45) is 5.92 Å². The Balaban J connectivity index is 1.68. The van der Waals surface area contributed by atoms with Crippen LogP contribution in [0.15, 0.2) is 60.8 Å².